The quantitative estimate of drug-likeness (QED) is 0.145. The Morgan fingerprint density at radius 1 is 1.02 bits per heavy atom. The van der Waals surface area contributed by atoms with Gasteiger partial charge in [-0.3, -0.25) is 4.79 Å². The first kappa shape index (κ1) is 31.5. The third-order valence-corrected chi connectivity index (χ3v) is 5.91. The zero-order valence-corrected chi connectivity index (χ0v) is 24.1. The molecule has 0 saturated heterocycles. The number of thiazole rings is 1. The lowest BCUT2D eigenvalue weighted by Crippen LogP contribution is -2.48. The van der Waals surface area contributed by atoms with Crippen molar-refractivity contribution in [3.8, 4) is 0 Å². The van der Waals surface area contributed by atoms with E-state index < -0.39 is 48.1 Å². The molecule has 2 amide bonds. The smallest absolute Gasteiger partial charge is 0.435 e. The molecular weight excluding hydrogens is 568 g/mol. The molecule has 3 rings (SSSR count). The number of esters is 1. The first-order valence-electron chi connectivity index (χ1n) is 12.5. The fourth-order valence-corrected chi connectivity index (χ4v) is 4.14. The number of rotatable bonds is 10. The summed E-state index contributed by atoms with van der Waals surface area (Å²) >= 11 is 0.813. The number of ether oxygens (including phenoxy) is 3. The number of hydrazine groups is 1. The summed E-state index contributed by atoms with van der Waals surface area (Å²) in [6.07, 6.45) is -3.09. The van der Waals surface area contributed by atoms with Gasteiger partial charge in [-0.2, -0.15) is 5.01 Å². The Bertz CT molecular complexity index is 1370. The van der Waals surface area contributed by atoms with E-state index in [4.69, 9.17) is 14.2 Å². The molecule has 222 valence electrons. The topological polar surface area (TPSA) is 166 Å². The van der Waals surface area contributed by atoms with Gasteiger partial charge in [0.25, 0.3) is 0 Å². The summed E-state index contributed by atoms with van der Waals surface area (Å²) in [5.74, 6) is -2.06. The monoisotopic (exact) mass is 598 g/mol. The lowest BCUT2D eigenvalue weighted by atomic mass is 10.0. The van der Waals surface area contributed by atoms with Gasteiger partial charge in [0.05, 0.1) is 6.42 Å². The van der Waals surface area contributed by atoms with E-state index in [-0.39, 0.29) is 17.2 Å². The number of aliphatic carboxylic acids is 1. The summed E-state index contributed by atoms with van der Waals surface area (Å²) in [5.41, 5.74) is 2.19. The third kappa shape index (κ3) is 9.30. The minimum absolute atomic E-state index is 0.135. The fourth-order valence-electron chi connectivity index (χ4n) is 3.39. The highest BCUT2D eigenvalue weighted by Crippen LogP contribution is 2.26. The van der Waals surface area contributed by atoms with Crippen molar-refractivity contribution in [3.63, 3.8) is 0 Å². The number of nitrogens with one attached hydrogen (secondary N) is 1. The van der Waals surface area contributed by atoms with E-state index in [0.717, 1.165) is 29.6 Å². The molecule has 0 atom stereocenters. The van der Waals surface area contributed by atoms with Crippen LogP contribution in [0.4, 0.5) is 14.7 Å². The largest absolute Gasteiger partial charge is 0.476 e. The number of amides is 2. The van der Waals surface area contributed by atoms with Crippen LogP contribution in [0, 0.1) is 0 Å². The van der Waals surface area contributed by atoms with Crippen LogP contribution in [0.5, 0.6) is 0 Å². The number of carboxylic acid groups (broad SMARTS) is 1. The lowest BCUT2D eigenvalue weighted by molar-refractivity contribution is -0.148. The summed E-state index contributed by atoms with van der Waals surface area (Å²) in [5, 5.41) is 14.6. The van der Waals surface area contributed by atoms with Gasteiger partial charge in [-0.25, -0.2) is 24.8 Å². The van der Waals surface area contributed by atoms with Crippen LogP contribution in [0.2, 0.25) is 0 Å². The van der Waals surface area contributed by atoms with Gasteiger partial charge in [0.1, 0.15) is 25.0 Å². The third-order valence-electron chi connectivity index (χ3n) is 5.08. The van der Waals surface area contributed by atoms with Crippen molar-refractivity contribution < 1.29 is 43.3 Å². The van der Waals surface area contributed by atoms with Crippen LogP contribution in [0.3, 0.4) is 0 Å². The van der Waals surface area contributed by atoms with Crippen LogP contribution in [-0.4, -0.2) is 59.2 Å². The van der Waals surface area contributed by atoms with Crippen LogP contribution in [0.1, 0.15) is 50.1 Å². The summed E-state index contributed by atoms with van der Waals surface area (Å²) in [4.78, 5) is 58.3. The Balaban J connectivity index is 1.71. The Hall–Kier alpha value is -4.98. The van der Waals surface area contributed by atoms with Crippen molar-refractivity contribution in [1.82, 2.24) is 10.4 Å². The van der Waals surface area contributed by atoms with Crippen LogP contribution in [-0.2, 0) is 28.6 Å². The normalized spacial score (nSPS) is 11.4. The van der Waals surface area contributed by atoms with E-state index in [1.165, 1.54) is 5.38 Å². The van der Waals surface area contributed by atoms with Gasteiger partial charge < -0.3 is 24.2 Å². The van der Waals surface area contributed by atoms with Crippen LogP contribution >= 0.6 is 11.3 Å². The minimum Gasteiger partial charge on any atom is -0.476 e. The molecule has 1 heterocycles. The zero-order valence-electron chi connectivity index (χ0n) is 23.3. The Morgan fingerprint density at radius 2 is 1.62 bits per heavy atom. The molecule has 0 saturated carbocycles. The van der Waals surface area contributed by atoms with Gasteiger partial charge in [-0.15, -0.1) is 11.3 Å². The van der Waals surface area contributed by atoms with E-state index in [2.05, 4.69) is 20.4 Å². The molecule has 0 aliphatic carbocycles. The average molecular weight is 599 g/mol. The van der Waals surface area contributed by atoms with E-state index >= 15 is 0 Å². The lowest BCUT2D eigenvalue weighted by Gasteiger charge is -2.24. The van der Waals surface area contributed by atoms with Crippen molar-refractivity contribution in [2.75, 3.05) is 18.7 Å². The molecule has 1 aromatic heterocycles. The SMILES string of the molecule is CO/N=C(\C(=O)O)c1csc(N(NC(=O)OC(C)(C)C)C(=O)OCCC(=O)OC(c2ccccc2)c2ccccc2)n1. The average Bonchev–Trinajstić information content (AvgIpc) is 3.42. The van der Waals surface area contributed by atoms with Crippen LogP contribution < -0.4 is 10.4 Å². The van der Waals surface area contributed by atoms with Gasteiger partial charge in [0, 0.05) is 5.38 Å². The molecule has 0 radical (unpaired) electrons. The Morgan fingerprint density at radius 3 is 2.14 bits per heavy atom. The maximum absolute atomic E-state index is 13.0. The molecule has 0 spiro atoms. The number of anilines is 1. The number of carbonyl (C=O) groups is 4. The molecule has 2 aromatic carbocycles. The second-order valence-electron chi connectivity index (χ2n) is 9.45. The van der Waals surface area contributed by atoms with Crippen molar-refractivity contribution in [2.45, 2.75) is 38.9 Å². The zero-order chi connectivity index (χ0) is 30.7. The maximum atomic E-state index is 13.0. The minimum atomic E-state index is -1.43. The second kappa shape index (κ2) is 14.6. The van der Waals surface area contributed by atoms with Crippen molar-refractivity contribution in [2.24, 2.45) is 5.16 Å². The molecule has 13 nitrogen and oxygen atoms in total. The predicted octanol–water partition coefficient (Wildman–Crippen LogP) is 4.68. The van der Waals surface area contributed by atoms with Gasteiger partial charge in [-0.05, 0) is 31.9 Å². The first-order chi connectivity index (χ1) is 20.0. The van der Waals surface area contributed by atoms with Gasteiger partial charge in [-0.1, -0.05) is 65.8 Å². The van der Waals surface area contributed by atoms with Gasteiger partial charge >= 0.3 is 24.1 Å². The van der Waals surface area contributed by atoms with Gasteiger partial charge in [0.2, 0.25) is 10.8 Å². The maximum Gasteiger partial charge on any atom is 0.435 e. The molecule has 14 heteroatoms. The highest BCUT2D eigenvalue weighted by Gasteiger charge is 2.28. The molecule has 0 bridgehead atoms. The molecule has 0 aliphatic heterocycles. The predicted molar refractivity (Wildman–Crippen MR) is 152 cm³/mol. The van der Waals surface area contributed by atoms with Crippen LogP contribution in [0.15, 0.2) is 71.2 Å². The Labute approximate surface area is 245 Å². The van der Waals surface area contributed by atoms with E-state index in [1.54, 1.807) is 20.8 Å². The number of aromatic nitrogens is 1. The molecule has 0 fully saturated rings. The molecule has 0 aliphatic rings. The standard InChI is InChI=1S/C28H30N4O9S/c1-28(2,3)41-26(36)30-32(25-29-20(17-42-25)22(24(34)35)31-38-4)27(37)39-16-15-21(33)40-23(18-11-7-5-8-12-18)19-13-9-6-10-14-19/h5-14,17,23H,15-16H2,1-4H3,(H,30,36)(H,34,35)/b31-22-. The van der Waals surface area contributed by atoms with Crippen molar-refractivity contribution in [1.29, 1.82) is 0 Å². The molecular formula is C28H30N4O9S. The molecule has 2 N–H and O–H groups in total. The second-order valence-corrected chi connectivity index (χ2v) is 10.3. The molecule has 3 aromatic rings. The Kier molecular flexibility index (Phi) is 11.0. The summed E-state index contributed by atoms with van der Waals surface area (Å²) in [6, 6.07) is 18.4. The van der Waals surface area contributed by atoms with Crippen molar-refractivity contribution in [3.05, 3.63) is 82.9 Å². The van der Waals surface area contributed by atoms with E-state index in [1.807, 2.05) is 60.7 Å². The summed E-state index contributed by atoms with van der Waals surface area (Å²) in [6.45, 7) is 4.48. The number of benzene rings is 2. The van der Waals surface area contributed by atoms with Crippen LogP contribution in [0.25, 0.3) is 0 Å². The number of carboxylic acids is 1. The number of hydrogen-bond acceptors (Lipinski definition) is 11. The summed E-state index contributed by atoms with van der Waals surface area (Å²) < 4.78 is 16.2. The van der Waals surface area contributed by atoms with E-state index in [9.17, 15) is 24.3 Å². The van der Waals surface area contributed by atoms with E-state index in [0.29, 0.717) is 5.01 Å². The van der Waals surface area contributed by atoms with Crippen molar-refractivity contribution >= 4 is 46.3 Å². The summed E-state index contributed by atoms with van der Waals surface area (Å²) in [7, 11) is 1.16. The first-order valence-corrected chi connectivity index (χ1v) is 13.4. The van der Waals surface area contributed by atoms with Gasteiger partial charge in [0.15, 0.2) is 6.10 Å². The molecule has 0 unspecified atom stereocenters. The number of carbonyl (C=O) groups excluding carboxylic acids is 3. The highest BCUT2D eigenvalue weighted by atomic mass is 32.1. The fraction of sp³-hybridized carbons (Fsp3) is 0.286. The molecule has 42 heavy (non-hydrogen) atoms. The number of oxime groups is 1. The highest BCUT2D eigenvalue weighted by molar-refractivity contribution is 7.14. The number of nitrogens with zero attached hydrogens (tertiary/aromatic N) is 3. The number of hydrogen-bond donors (Lipinski definition) is 2.